The summed E-state index contributed by atoms with van der Waals surface area (Å²) < 4.78 is 28.5. The second-order valence-corrected chi connectivity index (χ2v) is 8.04. The number of benzene rings is 2. The molecule has 3 heterocycles. The Morgan fingerprint density at radius 1 is 1.03 bits per heavy atom. The molecule has 1 amide bonds. The average Bonchev–Trinajstić information content (AvgIpc) is 3.40. The number of hydrogen-bond donors (Lipinski definition) is 0. The second-order valence-electron chi connectivity index (χ2n) is 7.67. The monoisotopic (exact) mass is 453 g/mol. The largest absolute Gasteiger partial charge is 0.338 e. The quantitative estimate of drug-likeness (QED) is 0.455. The Kier molecular flexibility index (Phi) is 5.30. The van der Waals surface area contributed by atoms with Gasteiger partial charge in [0, 0.05) is 17.7 Å². The molecule has 4 aromatic rings. The van der Waals surface area contributed by atoms with Gasteiger partial charge in [-0.15, -0.1) is 10.2 Å². The standard InChI is InChI=1S/C23H18ClF2N5O/c24-20-19-21(15-6-8-16(25)9-7-15)29-31(13-18(32)30-11-10-17(26)12-30)23(19)28-27-22(20)14-4-2-1-3-5-14/h1-9,17H,10-13H2/t17-/m1/s1. The lowest BCUT2D eigenvalue weighted by Crippen LogP contribution is -2.32. The summed E-state index contributed by atoms with van der Waals surface area (Å²) in [6.07, 6.45) is -0.677. The van der Waals surface area contributed by atoms with Crippen molar-refractivity contribution in [3.8, 4) is 22.5 Å². The number of rotatable bonds is 4. The lowest BCUT2D eigenvalue weighted by atomic mass is 10.1. The molecule has 0 radical (unpaired) electrons. The molecule has 2 aromatic heterocycles. The number of fused-ring (bicyclic) bond motifs is 1. The summed E-state index contributed by atoms with van der Waals surface area (Å²) in [5.74, 6) is -0.636. The number of amides is 1. The SMILES string of the molecule is O=C(Cn1nc(-c2ccc(F)cc2)c2c(Cl)c(-c3ccccc3)nnc21)N1CC[C@@H](F)C1. The summed E-state index contributed by atoms with van der Waals surface area (Å²) in [6.45, 7) is 0.322. The third kappa shape index (κ3) is 3.71. The minimum absolute atomic E-state index is 0.0768. The zero-order valence-corrected chi connectivity index (χ0v) is 17.6. The van der Waals surface area contributed by atoms with Gasteiger partial charge in [-0.25, -0.2) is 13.5 Å². The third-order valence-corrected chi connectivity index (χ3v) is 5.90. The van der Waals surface area contributed by atoms with Gasteiger partial charge in [0.25, 0.3) is 0 Å². The van der Waals surface area contributed by atoms with Crippen LogP contribution in [-0.4, -0.2) is 50.0 Å². The fourth-order valence-corrected chi connectivity index (χ4v) is 4.21. The van der Waals surface area contributed by atoms with E-state index in [2.05, 4.69) is 15.3 Å². The predicted octanol–water partition coefficient (Wildman–Crippen LogP) is 4.52. The molecule has 1 aliphatic rings. The highest BCUT2D eigenvalue weighted by Crippen LogP contribution is 2.37. The highest BCUT2D eigenvalue weighted by molar-refractivity contribution is 6.38. The Morgan fingerprint density at radius 3 is 2.44 bits per heavy atom. The van der Waals surface area contributed by atoms with E-state index in [1.54, 1.807) is 12.1 Å². The van der Waals surface area contributed by atoms with E-state index in [4.69, 9.17) is 11.6 Å². The van der Waals surface area contributed by atoms with Gasteiger partial charge in [-0.3, -0.25) is 4.79 Å². The van der Waals surface area contributed by atoms with Crippen LogP contribution in [0.15, 0.2) is 54.6 Å². The van der Waals surface area contributed by atoms with Gasteiger partial charge in [0.1, 0.15) is 29.9 Å². The van der Waals surface area contributed by atoms with E-state index in [-0.39, 0.29) is 24.8 Å². The van der Waals surface area contributed by atoms with Gasteiger partial charge in [-0.1, -0.05) is 41.9 Å². The summed E-state index contributed by atoms with van der Waals surface area (Å²) in [5.41, 5.74) is 2.69. The fraction of sp³-hybridized carbons (Fsp3) is 0.217. The van der Waals surface area contributed by atoms with E-state index >= 15 is 0 Å². The minimum Gasteiger partial charge on any atom is -0.338 e. The number of alkyl halides is 1. The Hall–Kier alpha value is -3.39. The molecule has 2 aromatic carbocycles. The van der Waals surface area contributed by atoms with Crippen molar-refractivity contribution >= 4 is 28.5 Å². The molecule has 0 aliphatic carbocycles. The number of aromatic nitrogens is 4. The molecule has 5 rings (SSSR count). The van der Waals surface area contributed by atoms with Crippen LogP contribution < -0.4 is 0 Å². The van der Waals surface area contributed by atoms with E-state index in [0.717, 1.165) is 5.56 Å². The van der Waals surface area contributed by atoms with Crippen molar-refractivity contribution in [3.63, 3.8) is 0 Å². The van der Waals surface area contributed by atoms with Crippen LogP contribution in [0.2, 0.25) is 5.02 Å². The smallest absolute Gasteiger partial charge is 0.244 e. The number of hydrogen-bond acceptors (Lipinski definition) is 4. The van der Waals surface area contributed by atoms with Crippen LogP contribution >= 0.6 is 11.6 Å². The third-order valence-electron chi connectivity index (χ3n) is 5.53. The first-order chi connectivity index (χ1) is 15.5. The summed E-state index contributed by atoms with van der Waals surface area (Å²) in [7, 11) is 0. The first-order valence-corrected chi connectivity index (χ1v) is 10.5. The Bertz CT molecular complexity index is 1290. The van der Waals surface area contributed by atoms with Gasteiger partial charge in [0.15, 0.2) is 5.65 Å². The highest BCUT2D eigenvalue weighted by Gasteiger charge is 2.28. The topological polar surface area (TPSA) is 63.9 Å². The number of nitrogens with zero attached hydrogens (tertiary/aromatic N) is 5. The molecule has 1 fully saturated rings. The fourth-order valence-electron chi connectivity index (χ4n) is 3.89. The molecule has 0 N–H and O–H groups in total. The van der Waals surface area contributed by atoms with E-state index in [9.17, 15) is 13.6 Å². The second kappa shape index (κ2) is 8.27. The maximum atomic E-state index is 13.6. The van der Waals surface area contributed by atoms with Crippen molar-refractivity contribution in [2.75, 3.05) is 13.1 Å². The van der Waals surface area contributed by atoms with Crippen molar-refractivity contribution in [2.24, 2.45) is 0 Å². The molecule has 6 nitrogen and oxygen atoms in total. The van der Waals surface area contributed by atoms with E-state index in [0.29, 0.717) is 46.0 Å². The average molecular weight is 454 g/mol. The number of likely N-dealkylation sites (tertiary alicyclic amines) is 1. The van der Waals surface area contributed by atoms with Crippen LogP contribution in [0.5, 0.6) is 0 Å². The van der Waals surface area contributed by atoms with E-state index in [1.165, 1.54) is 21.7 Å². The zero-order valence-electron chi connectivity index (χ0n) is 16.9. The van der Waals surface area contributed by atoms with Gasteiger partial charge in [-0.2, -0.15) is 5.10 Å². The number of halogens is 3. The van der Waals surface area contributed by atoms with Gasteiger partial charge in [0.2, 0.25) is 5.91 Å². The molecule has 9 heteroatoms. The van der Waals surface area contributed by atoms with Crippen molar-refractivity contribution < 1.29 is 13.6 Å². The van der Waals surface area contributed by atoms with Gasteiger partial charge in [0.05, 0.1) is 17.0 Å². The zero-order chi connectivity index (χ0) is 22.2. The van der Waals surface area contributed by atoms with E-state index in [1.807, 2.05) is 30.3 Å². The minimum atomic E-state index is -1.01. The molecule has 1 aliphatic heterocycles. The molecule has 1 saturated heterocycles. The summed E-state index contributed by atoms with van der Waals surface area (Å²) in [4.78, 5) is 14.2. The summed E-state index contributed by atoms with van der Waals surface area (Å²) in [5, 5.41) is 14.0. The molecular formula is C23H18ClF2N5O. The predicted molar refractivity (Wildman–Crippen MR) is 117 cm³/mol. The Labute approximate surface area is 187 Å². The molecule has 162 valence electrons. The van der Waals surface area contributed by atoms with Crippen LogP contribution in [0, 0.1) is 5.82 Å². The first-order valence-electron chi connectivity index (χ1n) is 10.2. The molecule has 0 unspecified atom stereocenters. The van der Waals surface area contributed by atoms with Crippen molar-refractivity contribution in [3.05, 3.63) is 65.4 Å². The van der Waals surface area contributed by atoms with Crippen LogP contribution in [-0.2, 0) is 11.3 Å². The maximum Gasteiger partial charge on any atom is 0.244 e. The van der Waals surface area contributed by atoms with Crippen molar-refractivity contribution in [1.82, 2.24) is 24.9 Å². The molecule has 0 bridgehead atoms. The first kappa shape index (κ1) is 20.5. The molecule has 0 spiro atoms. The van der Waals surface area contributed by atoms with Crippen molar-refractivity contribution in [1.29, 1.82) is 0 Å². The lowest BCUT2D eigenvalue weighted by molar-refractivity contribution is -0.131. The van der Waals surface area contributed by atoms with Crippen LogP contribution in [0.3, 0.4) is 0 Å². The molecular weight excluding hydrogens is 436 g/mol. The number of carbonyl (C=O) groups excluding carboxylic acids is 1. The highest BCUT2D eigenvalue weighted by atomic mass is 35.5. The van der Waals surface area contributed by atoms with Gasteiger partial charge < -0.3 is 4.90 Å². The van der Waals surface area contributed by atoms with Gasteiger partial charge in [-0.05, 0) is 30.7 Å². The van der Waals surface area contributed by atoms with Crippen LogP contribution in [0.25, 0.3) is 33.5 Å². The molecule has 1 atom stereocenters. The van der Waals surface area contributed by atoms with Gasteiger partial charge >= 0.3 is 0 Å². The lowest BCUT2D eigenvalue weighted by Gasteiger charge is -2.15. The Balaban J connectivity index is 1.64. The molecule has 32 heavy (non-hydrogen) atoms. The van der Waals surface area contributed by atoms with E-state index < -0.39 is 6.17 Å². The maximum absolute atomic E-state index is 13.6. The molecule has 0 saturated carbocycles. The Morgan fingerprint density at radius 2 is 1.75 bits per heavy atom. The van der Waals surface area contributed by atoms with Crippen molar-refractivity contribution in [2.45, 2.75) is 19.1 Å². The summed E-state index contributed by atoms with van der Waals surface area (Å²) >= 11 is 6.78. The number of carbonyl (C=O) groups is 1. The van der Waals surface area contributed by atoms with Crippen LogP contribution in [0.1, 0.15) is 6.42 Å². The summed E-state index contributed by atoms with van der Waals surface area (Å²) in [6, 6.07) is 15.2. The van der Waals surface area contributed by atoms with Crippen LogP contribution in [0.4, 0.5) is 8.78 Å². The normalized spacial score (nSPS) is 16.1.